The Kier molecular flexibility index (Phi) is 3.00. The quantitative estimate of drug-likeness (QED) is 0.573. The second-order valence-electron chi connectivity index (χ2n) is 4.98. The normalized spacial score (nSPS) is 26.4. The number of aromatic amines is 1. The molecule has 0 aliphatic carbocycles. The van der Waals surface area contributed by atoms with Crippen LogP contribution in [0.3, 0.4) is 0 Å². The van der Waals surface area contributed by atoms with Gasteiger partial charge in [0, 0.05) is 12.6 Å². The fourth-order valence-corrected chi connectivity index (χ4v) is 2.62. The minimum absolute atomic E-state index is 0.0269. The third-order valence-electron chi connectivity index (χ3n) is 3.58. The van der Waals surface area contributed by atoms with Gasteiger partial charge in [-0.1, -0.05) is 0 Å². The van der Waals surface area contributed by atoms with E-state index in [9.17, 15) is 9.90 Å². The van der Waals surface area contributed by atoms with Gasteiger partial charge >= 0.3 is 0 Å². The number of hydrogen-bond donors (Lipinski definition) is 4. The van der Waals surface area contributed by atoms with Gasteiger partial charge in [-0.05, 0) is 12.5 Å². The van der Waals surface area contributed by atoms with Crippen LogP contribution < -0.4 is 11.3 Å². The van der Waals surface area contributed by atoms with E-state index in [1.54, 1.807) is 17.7 Å². The van der Waals surface area contributed by atoms with Gasteiger partial charge in [-0.2, -0.15) is 4.98 Å². The first-order chi connectivity index (χ1) is 9.51. The van der Waals surface area contributed by atoms with Crippen LogP contribution in [0.25, 0.3) is 11.0 Å². The largest absolute Gasteiger partial charge is 0.394 e. The maximum Gasteiger partial charge on any atom is 0.262 e. The average Bonchev–Trinajstić information content (AvgIpc) is 2.90. The predicted molar refractivity (Wildman–Crippen MR) is 71.1 cm³/mol. The molecule has 0 unspecified atom stereocenters. The van der Waals surface area contributed by atoms with E-state index in [0.717, 1.165) is 5.56 Å². The second-order valence-corrected chi connectivity index (χ2v) is 4.98. The third kappa shape index (κ3) is 1.89. The number of aliphatic hydroxyl groups is 2. The SMILES string of the molecule is Cc1cn([C@@H]2C[C@H](O)[C@@H](CO)O2)c2nc(N)[nH]c(=O)c12. The molecule has 1 aliphatic heterocycles. The Balaban J connectivity index is 2.11. The van der Waals surface area contributed by atoms with Crippen molar-refractivity contribution in [2.24, 2.45) is 0 Å². The number of ether oxygens (including phenoxy) is 1. The molecule has 0 bridgehead atoms. The van der Waals surface area contributed by atoms with E-state index in [0.29, 0.717) is 17.5 Å². The van der Waals surface area contributed by atoms with Crippen molar-refractivity contribution in [3.8, 4) is 0 Å². The van der Waals surface area contributed by atoms with Crippen LogP contribution in [-0.4, -0.2) is 43.6 Å². The summed E-state index contributed by atoms with van der Waals surface area (Å²) in [6.07, 6.45) is 0.206. The summed E-state index contributed by atoms with van der Waals surface area (Å²) >= 11 is 0. The number of aromatic nitrogens is 3. The van der Waals surface area contributed by atoms with Gasteiger partial charge in [0.05, 0.1) is 18.1 Å². The highest BCUT2D eigenvalue weighted by molar-refractivity contribution is 5.80. The molecule has 0 saturated carbocycles. The number of aliphatic hydroxyl groups excluding tert-OH is 2. The highest BCUT2D eigenvalue weighted by Gasteiger charge is 2.35. The van der Waals surface area contributed by atoms with Gasteiger partial charge in [-0.3, -0.25) is 9.78 Å². The minimum Gasteiger partial charge on any atom is -0.394 e. The monoisotopic (exact) mass is 280 g/mol. The summed E-state index contributed by atoms with van der Waals surface area (Å²) in [6.45, 7) is 1.53. The van der Waals surface area contributed by atoms with Crippen molar-refractivity contribution < 1.29 is 14.9 Å². The molecule has 2 aromatic rings. The number of nitrogens with two attached hydrogens (primary N) is 1. The van der Waals surface area contributed by atoms with Gasteiger partial charge < -0.3 is 25.3 Å². The number of nitrogen functional groups attached to an aromatic ring is 1. The first-order valence-electron chi connectivity index (χ1n) is 6.32. The molecule has 0 spiro atoms. The van der Waals surface area contributed by atoms with Gasteiger partial charge in [0.2, 0.25) is 5.95 Å². The molecule has 5 N–H and O–H groups in total. The lowest BCUT2D eigenvalue weighted by Gasteiger charge is -2.14. The van der Waals surface area contributed by atoms with E-state index in [1.807, 2.05) is 0 Å². The maximum absolute atomic E-state index is 11.9. The first-order valence-corrected chi connectivity index (χ1v) is 6.32. The number of nitrogens with zero attached hydrogens (tertiary/aromatic N) is 2. The van der Waals surface area contributed by atoms with E-state index in [-0.39, 0.29) is 18.1 Å². The van der Waals surface area contributed by atoms with Gasteiger partial charge in [0.25, 0.3) is 5.56 Å². The fraction of sp³-hybridized carbons (Fsp3) is 0.500. The summed E-state index contributed by atoms with van der Waals surface area (Å²) in [7, 11) is 0. The molecule has 1 saturated heterocycles. The van der Waals surface area contributed by atoms with Crippen LogP contribution in [0.15, 0.2) is 11.0 Å². The molecule has 0 radical (unpaired) electrons. The number of aryl methyl sites for hydroxylation is 1. The molecular formula is C12H16N4O4. The fourth-order valence-electron chi connectivity index (χ4n) is 2.62. The summed E-state index contributed by atoms with van der Waals surface area (Å²) in [4.78, 5) is 18.5. The summed E-state index contributed by atoms with van der Waals surface area (Å²) in [5, 5.41) is 19.4. The Labute approximate surface area is 113 Å². The van der Waals surface area contributed by atoms with Crippen LogP contribution in [0.4, 0.5) is 5.95 Å². The molecule has 1 fully saturated rings. The predicted octanol–water partition coefficient (Wildman–Crippen LogP) is -0.744. The van der Waals surface area contributed by atoms with Crippen LogP contribution in [-0.2, 0) is 4.74 Å². The van der Waals surface area contributed by atoms with E-state index in [1.165, 1.54) is 0 Å². The van der Waals surface area contributed by atoms with Crippen molar-refractivity contribution >= 4 is 17.0 Å². The summed E-state index contributed by atoms with van der Waals surface area (Å²) in [6, 6.07) is 0. The minimum atomic E-state index is -0.748. The zero-order valence-electron chi connectivity index (χ0n) is 10.9. The van der Waals surface area contributed by atoms with E-state index in [2.05, 4.69) is 9.97 Å². The molecule has 3 atom stereocenters. The highest BCUT2D eigenvalue weighted by Crippen LogP contribution is 2.31. The van der Waals surface area contributed by atoms with Crippen molar-refractivity contribution in [3.05, 3.63) is 22.1 Å². The van der Waals surface area contributed by atoms with Gasteiger partial charge in [-0.15, -0.1) is 0 Å². The van der Waals surface area contributed by atoms with Crippen LogP contribution in [0.5, 0.6) is 0 Å². The van der Waals surface area contributed by atoms with Crippen molar-refractivity contribution in [2.45, 2.75) is 31.8 Å². The van der Waals surface area contributed by atoms with Crippen LogP contribution in [0.2, 0.25) is 0 Å². The molecule has 1 aliphatic rings. The zero-order valence-corrected chi connectivity index (χ0v) is 10.9. The molecule has 8 heteroatoms. The van der Waals surface area contributed by atoms with Crippen molar-refractivity contribution in [1.29, 1.82) is 0 Å². The Bertz CT molecular complexity index is 707. The molecule has 20 heavy (non-hydrogen) atoms. The zero-order chi connectivity index (χ0) is 14.4. The second kappa shape index (κ2) is 4.58. The molecule has 0 aromatic carbocycles. The van der Waals surface area contributed by atoms with Crippen LogP contribution >= 0.6 is 0 Å². The van der Waals surface area contributed by atoms with Gasteiger partial charge in [0.15, 0.2) is 5.65 Å². The molecule has 2 aromatic heterocycles. The molecule has 3 heterocycles. The highest BCUT2D eigenvalue weighted by atomic mass is 16.5. The molecule has 0 amide bonds. The molecule has 108 valence electrons. The number of hydrogen-bond acceptors (Lipinski definition) is 6. The topological polar surface area (TPSA) is 126 Å². The lowest BCUT2D eigenvalue weighted by atomic mass is 10.2. The van der Waals surface area contributed by atoms with Crippen molar-refractivity contribution in [2.75, 3.05) is 12.3 Å². The Hall–Kier alpha value is -1.90. The lowest BCUT2D eigenvalue weighted by molar-refractivity contribution is -0.0430. The van der Waals surface area contributed by atoms with E-state index in [4.69, 9.17) is 15.6 Å². The number of anilines is 1. The summed E-state index contributed by atoms with van der Waals surface area (Å²) in [5.41, 5.74) is 6.43. The third-order valence-corrected chi connectivity index (χ3v) is 3.58. The van der Waals surface area contributed by atoms with Gasteiger partial charge in [-0.25, -0.2) is 0 Å². The summed E-state index contributed by atoms with van der Waals surface area (Å²) < 4.78 is 7.26. The lowest BCUT2D eigenvalue weighted by Crippen LogP contribution is -2.24. The smallest absolute Gasteiger partial charge is 0.262 e. The van der Waals surface area contributed by atoms with Crippen molar-refractivity contribution in [3.63, 3.8) is 0 Å². The molecule has 3 rings (SSSR count). The van der Waals surface area contributed by atoms with Crippen LogP contribution in [0, 0.1) is 6.92 Å². The number of H-pyrrole nitrogens is 1. The first kappa shape index (κ1) is 13.1. The van der Waals surface area contributed by atoms with Crippen molar-refractivity contribution in [1.82, 2.24) is 14.5 Å². The molecule has 8 nitrogen and oxygen atoms in total. The maximum atomic E-state index is 11.9. The Morgan fingerprint density at radius 2 is 2.40 bits per heavy atom. The van der Waals surface area contributed by atoms with E-state index < -0.39 is 18.4 Å². The standard InChI is InChI=1S/C12H16N4O4/c1-5-3-16(8-2-6(18)7(4-17)20-8)10-9(5)11(19)15-12(13)14-10/h3,6-8,17-18H,2,4H2,1H3,(H3,13,14,15,19)/t6-,7+,8-/m0/s1. The summed E-state index contributed by atoms with van der Waals surface area (Å²) in [5.74, 6) is 0.0269. The number of rotatable bonds is 2. The number of nitrogens with one attached hydrogen (secondary N) is 1. The average molecular weight is 280 g/mol. The van der Waals surface area contributed by atoms with Crippen LogP contribution in [0.1, 0.15) is 18.2 Å². The van der Waals surface area contributed by atoms with E-state index >= 15 is 0 Å². The number of fused-ring (bicyclic) bond motifs is 1. The Morgan fingerprint density at radius 3 is 3.05 bits per heavy atom. The Morgan fingerprint density at radius 1 is 1.65 bits per heavy atom. The molecular weight excluding hydrogens is 264 g/mol. The van der Waals surface area contributed by atoms with Gasteiger partial charge in [0.1, 0.15) is 12.3 Å².